The number of fused-ring (bicyclic) bond motifs is 3. The Morgan fingerprint density at radius 1 is 0.815 bits per heavy atom. The maximum absolute atomic E-state index is 13.7. The topological polar surface area (TPSA) is 17.3 Å². The molecule has 0 saturated carbocycles. The lowest BCUT2D eigenvalue weighted by molar-refractivity contribution is 0.626. The highest BCUT2D eigenvalue weighted by Crippen LogP contribution is 2.30. The largest absolute Gasteiger partial charge is 0.303 e. The predicted molar refractivity (Wildman–Crippen MR) is 107 cm³/mol. The summed E-state index contributed by atoms with van der Waals surface area (Å²) in [5.74, 6) is -0.215. The van der Waals surface area contributed by atoms with E-state index in [1.54, 1.807) is 12.1 Å². The predicted octanol–water partition coefficient (Wildman–Crippen LogP) is 5.88. The van der Waals surface area contributed by atoms with E-state index in [1.165, 1.54) is 6.07 Å². The van der Waals surface area contributed by atoms with Crippen molar-refractivity contribution >= 4 is 16.4 Å². The second-order valence-electron chi connectivity index (χ2n) is 6.68. The number of benzene rings is 3. The molecule has 2 nitrogen and oxygen atoms in total. The molecule has 0 saturated heterocycles. The second-order valence-corrected chi connectivity index (χ2v) is 6.68. The molecule has 130 valence electrons. The zero-order valence-corrected chi connectivity index (χ0v) is 14.6. The Bertz CT molecular complexity index is 1260. The minimum absolute atomic E-state index is 0.215. The Kier molecular flexibility index (Phi) is 3.72. The lowest BCUT2D eigenvalue weighted by Crippen LogP contribution is -1.97. The van der Waals surface area contributed by atoms with Gasteiger partial charge in [0.05, 0.1) is 11.4 Å². The van der Waals surface area contributed by atoms with Crippen LogP contribution in [0.3, 0.4) is 0 Å². The van der Waals surface area contributed by atoms with Crippen molar-refractivity contribution in [2.45, 2.75) is 6.42 Å². The third-order valence-electron chi connectivity index (χ3n) is 4.92. The van der Waals surface area contributed by atoms with Crippen LogP contribution in [0.4, 0.5) is 4.39 Å². The quantitative estimate of drug-likeness (QED) is 0.396. The van der Waals surface area contributed by atoms with Gasteiger partial charge in [-0.05, 0) is 29.1 Å². The Balaban J connectivity index is 1.79. The average molecular weight is 352 g/mol. The SMILES string of the molecule is Fc1cccc(Cc2c(-c3ccccc3)nc3c4ccccc4ccn23)c1. The fourth-order valence-corrected chi connectivity index (χ4v) is 3.65. The normalized spacial score (nSPS) is 11.3. The third kappa shape index (κ3) is 2.77. The molecule has 0 fully saturated rings. The van der Waals surface area contributed by atoms with Crippen molar-refractivity contribution in [1.29, 1.82) is 0 Å². The zero-order chi connectivity index (χ0) is 18.2. The van der Waals surface area contributed by atoms with Gasteiger partial charge in [-0.1, -0.05) is 66.7 Å². The number of hydrogen-bond donors (Lipinski definition) is 0. The number of nitrogens with zero attached hydrogens (tertiary/aromatic N) is 2. The fraction of sp³-hybridized carbons (Fsp3) is 0.0417. The maximum atomic E-state index is 13.7. The van der Waals surface area contributed by atoms with Crippen molar-refractivity contribution < 1.29 is 4.39 Å². The van der Waals surface area contributed by atoms with Crippen molar-refractivity contribution in [3.8, 4) is 11.3 Å². The van der Waals surface area contributed by atoms with Gasteiger partial charge >= 0.3 is 0 Å². The molecular weight excluding hydrogens is 335 g/mol. The van der Waals surface area contributed by atoms with Crippen molar-refractivity contribution in [2.75, 3.05) is 0 Å². The summed E-state index contributed by atoms with van der Waals surface area (Å²) >= 11 is 0. The van der Waals surface area contributed by atoms with Gasteiger partial charge in [-0.25, -0.2) is 9.37 Å². The first-order valence-corrected chi connectivity index (χ1v) is 8.98. The zero-order valence-electron chi connectivity index (χ0n) is 14.6. The van der Waals surface area contributed by atoms with Crippen LogP contribution < -0.4 is 0 Å². The molecule has 5 rings (SSSR count). The van der Waals surface area contributed by atoms with Gasteiger partial charge in [-0.15, -0.1) is 0 Å². The minimum Gasteiger partial charge on any atom is -0.303 e. The summed E-state index contributed by atoms with van der Waals surface area (Å²) < 4.78 is 15.9. The van der Waals surface area contributed by atoms with Crippen LogP contribution in [0.25, 0.3) is 27.7 Å². The Hall–Kier alpha value is -3.46. The summed E-state index contributed by atoms with van der Waals surface area (Å²) in [6.45, 7) is 0. The highest BCUT2D eigenvalue weighted by molar-refractivity contribution is 5.95. The van der Waals surface area contributed by atoms with Crippen LogP contribution in [0.5, 0.6) is 0 Å². The van der Waals surface area contributed by atoms with Gasteiger partial charge in [-0.3, -0.25) is 0 Å². The van der Waals surface area contributed by atoms with Gasteiger partial charge in [0, 0.05) is 23.6 Å². The Labute approximate surface area is 156 Å². The summed E-state index contributed by atoms with van der Waals surface area (Å²) in [4.78, 5) is 5.00. The van der Waals surface area contributed by atoms with E-state index in [2.05, 4.69) is 40.9 Å². The summed E-state index contributed by atoms with van der Waals surface area (Å²) in [5.41, 5.74) is 4.93. The lowest BCUT2D eigenvalue weighted by atomic mass is 10.0. The van der Waals surface area contributed by atoms with Crippen LogP contribution in [0.2, 0.25) is 0 Å². The van der Waals surface area contributed by atoms with E-state index in [1.807, 2.05) is 36.4 Å². The number of rotatable bonds is 3. The van der Waals surface area contributed by atoms with Crippen LogP contribution in [0, 0.1) is 5.82 Å². The molecule has 0 aliphatic rings. The molecule has 5 aromatic rings. The molecule has 0 N–H and O–H groups in total. The van der Waals surface area contributed by atoms with Crippen molar-refractivity contribution in [3.05, 3.63) is 108 Å². The number of imidazole rings is 1. The van der Waals surface area contributed by atoms with Crippen LogP contribution in [0.1, 0.15) is 11.3 Å². The molecule has 2 heterocycles. The molecule has 27 heavy (non-hydrogen) atoms. The van der Waals surface area contributed by atoms with Crippen LogP contribution in [0.15, 0.2) is 91.1 Å². The minimum atomic E-state index is -0.215. The molecule has 0 amide bonds. The highest BCUT2D eigenvalue weighted by Gasteiger charge is 2.16. The smallest absolute Gasteiger partial charge is 0.145 e. The summed E-state index contributed by atoms with van der Waals surface area (Å²) in [7, 11) is 0. The molecule has 2 aromatic heterocycles. The van der Waals surface area contributed by atoms with Gasteiger partial charge in [0.2, 0.25) is 0 Å². The van der Waals surface area contributed by atoms with E-state index < -0.39 is 0 Å². The first-order chi connectivity index (χ1) is 13.3. The van der Waals surface area contributed by atoms with Crippen molar-refractivity contribution in [3.63, 3.8) is 0 Å². The molecule has 0 unspecified atom stereocenters. The molecule has 3 aromatic carbocycles. The van der Waals surface area contributed by atoms with Crippen LogP contribution in [-0.2, 0) is 6.42 Å². The van der Waals surface area contributed by atoms with Crippen LogP contribution in [-0.4, -0.2) is 9.38 Å². The lowest BCUT2D eigenvalue weighted by Gasteiger charge is -2.07. The first-order valence-electron chi connectivity index (χ1n) is 8.98. The highest BCUT2D eigenvalue weighted by atomic mass is 19.1. The Morgan fingerprint density at radius 3 is 2.48 bits per heavy atom. The second kappa shape index (κ2) is 6.36. The van der Waals surface area contributed by atoms with E-state index in [0.29, 0.717) is 6.42 Å². The summed E-state index contributed by atoms with van der Waals surface area (Å²) in [6, 6.07) is 27.3. The van der Waals surface area contributed by atoms with Crippen molar-refractivity contribution in [2.24, 2.45) is 0 Å². The summed E-state index contributed by atoms with van der Waals surface area (Å²) in [6.07, 6.45) is 2.67. The molecule has 0 bridgehead atoms. The Morgan fingerprint density at radius 2 is 1.63 bits per heavy atom. The first kappa shape index (κ1) is 15.8. The molecule has 3 heteroatoms. The number of aromatic nitrogens is 2. The van der Waals surface area contributed by atoms with Gasteiger partial charge in [-0.2, -0.15) is 0 Å². The van der Waals surface area contributed by atoms with Gasteiger partial charge in [0.25, 0.3) is 0 Å². The average Bonchev–Trinajstić information content (AvgIpc) is 3.08. The van der Waals surface area contributed by atoms with E-state index in [4.69, 9.17) is 4.98 Å². The standard InChI is InChI=1S/C24H17FN2/c25-20-11-6-7-17(15-20)16-22-23(19-9-2-1-3-10-19)26-24-21-12-5-4-8-18(21)13-14-27(22)24/h1-15H,16H2. The number of hydrogen-bond acceptors (Lipinski definition) is 1. The molecule has 0 aliphatic heterocycles. The third-order valence-corrected chi connectivity index (χ3v) is 4.92. The van der Waals surface area contributed by atoms with E-state index in [0.717, 1.165) is 38.9 Å². The molecular formula is C24H17FN2. The van der Waals surface area contributed by atoms with E-state index >= 15 is 0 Å². The maximum Gasteiger partial charge on any atom is 0.145 e. The molecule has 0 atom stereocenters. The fourth-order valence-electron chi connectivity index (χ4n) is 3.65. The number of halogens is 1. The van der Waals surface area contributed by atoms with Crippen LogP contribution >= 0.6 is 0 Å². The van der Waals surface area contributed by atoms with Gasteiger partial charge in [0.1, 0.15) is 11.5 Å². The van der Waals surface area contributed by atoms with E-state index in [-0.39, 0.29) is 5.82 Å². The molecule has 0 spiro atoms. The summed E-state index contributed by atoms with van der Waals surface area (Å²) in [5, 5.41) is 2.27. The monoisotopic (exact) mass is 352 g/mol. The molecule has 0 radical (unpaired) electrons. The van der Waals surface area contributed by atoms with Gasteiger partial charge in [0.15, 0.2) is 0 Å². The number of pyridine rings is 1. The van der Waals surface area contributed by atoms with Crippen molar-refractivity contribution in [1.82, 2.24) is 9.38 Å². The van der Waals surface area contributed by atoms with Gasteiger partial charge < -0.3 is 4.40 Å². The molecule has 0 aliphatic carbocycles. The van der Waals surface area contributed by atoms with E-state index in [9.17, 15) is 4.39 Å².